The second kappa shape index (κ2) is 4.33. The first-order valence-corrected chi connectivity index (χ1v) is 6.41. The minimum atomic E-state index is 0.270. The molecule has 1 fully saturated rings. The van der Waals surface area contributed by atoms with Crippen molar-refractivity contribution >= 4 is 5.65 Å². The molecule has 1 saturated heterocycles. The van der Waals surface area contributed by atoms with E-state index in [1.165, 1.54) is 0 Å². The molecule has 2 aromatic rings. The number of rotatable bonds is 1. The van der Waals surface area contributed by atoms with E-state index in [1.807, 2.05) is 25.4 Å². The standard InChI is InChI=1S/C13H19N5/c1-9-7-12-15-4-6-18(12)13(16-9)11-8-10(14)3-5-17(11)2/h4,6-7,10-11H,3,5,8,14H2,1-2H3. The van der Waals surface area contributed by atoms with E-state index in [1.54, 1.807) is 0 Å². The number of piperidine rings is 1. The highest BCUT2D eigenvalue weighted by Gasteiger charge is 2.28. The number of nitrogens with two attached hydrogens (primary N) is 1. The van der Waals surface area contributed by atoms with Gasteiger partial charge >= 0.3 is 0 Å². The van der Waals surface area contributed by atoms with Gasteiger partial charge in [-0.1, -0.05) is 0 Å². The molecule has 0 saturated carbocycles. The van der Waals surface area contributed by atoms with E-state index in [0.29, 0.717) is 0 Å². The minimum absolute atomic E-state index is 0.270. The lowest BCUT2D eigenvalue weighted by Gasteiger charge is -2.35. The molecular formula is C13H19N5. The summed E-state index contributed by atoms with van der Waals surface area (Å²) < 4.78 is 2.08. The maximum atomic E-state index is 6.10. The number of nitrogens with zero attached hydrogens (tertiary/aromatic N) is 4. The zero-order chi connectivity index (χ0) is 12.7. The summed E-state index contributed by atoms with van der Waals surface area (Å²) in [5, 5.41) is 0. The summed E-state index contributed by atoms with van der Waals surface area (Å²) in [4.78, 5) is 11.4. The molecule has 0 radical (unpaired) electrons. The summed E-state index contributed by atoms with van der Waals surface area (Å²) in [6, 6.07) is 2.56. The molecular weight excluding hydrogens is 226 g/mol. The fourth-order valence-electron chi connectivity index (χ4n) is 2.72. The van der Waals surface area contributed by atoms with E-state index in [9.17, 15) is 0 Å². The third kappa shape index (κ3) is 1.89. The Kier molecular flexibility index (Phi) is 2.80. The van der Waals surface area contributed by atoms with Gasteiger partial charge in [0.25, 0.3) is 0 Å². The fraction of sp³-hybridized carbons (Fsp3) is 0.538. The van der Waals surface area contributed by atoms with Crippen LogP contribution in [0.4, 0.5) is 0 Å². The summed E-state index contributed by atoms with van der Waals surface area (Å²) in [7, 11) is 2.14. The smallest absolute Gasteiger partial charge is 0.139 e. The van der Waals surface area contributed by atoms with Crippen LogP contribution in [-0.4, -0.2) is 38.9 Å². The van der Waals surface area contributed by atoms with Crippen molar-refractivity contribution in [3.8, 4) is 0 Å². The zero-order valence-electron chi connectivity index (χ0n) is 10.9. The van der Waals surface area contributed by atoms with Gasteiger partial charge in [-0.15, -0.1) is 0 Å². The Bertz CT molecular complexity index is 562. The number of aryl methyl sites for hydroxylation is 1. The maximum Gasteiger partial charge on any atom is 0.139 e. The van der Waals surface area contributed by atoms with Crippen LogP contribution in [0.15, 0.2) is 18.5 Å². The van der Waals surface area contributed by atoms with Gasteiger partial charge in [-0.3, -0.25) is 9.30 Å². The highest BCUT2D eigenvalue weighted by Crippen LogP contribution is 2.28. The maximum absolute atomic E-state index is 6.10. The lowest BCUT2D eigenvalue weighted by atomic mass is 9.97. The molecule has 2 unspecified atom stereocenters. The minimum Gasteiger partial charge on any atom is -0.328 e. The lowest BCUT2D eigenvalue weighted by Crippen LogP contribution is -2.41. The van der Waals surface area contributed by atoms with Crippen molar-refractivity contribution in [1.29, 1.82) is 0 Å². The lowest BCUT2D eigenvalue weighted by molar-refractivity contribution is 0.162. The number of hydrogen-bond donors (Lipinski definition) is 1. The molecule has 0 amide bonds. The first kappa shape index (κ1) is 11.6. The normalized spacial score (nSPS) is 25.7. The van der Waals surface area contributed by atoms with Crippen LogP contribution in [-0.2, 0) is 0 Å². The Hall–Kier alpha value is -1.46. The van der Waals surface area contributed by atoms with Gasteiger partial charge in [0.2, 0.25) is 0 Å². The Labute approximate surface area is 107 Å². The van der Waals surface area contributed by atoms with Crippen LogP contribution < -0.4 is 5.73 Å². The molecule has 2 atom stereocenters. The first-order chi connectivity index (χ1) is 8.65. The van der Waals surface area contributed by atoms with Gasteiger partial charge < -0.3 is 5.73 Å². The summed E-state index contributed by atoms with van der Waals surface area (Å²) in [5.74, 6) is 1.06. The molecule has 2 N–H and O–H groups in total. The van der Waals surface area contributed by atoms with Crippen LogP contribution in [0.25, 0.3) is 5.65 Å². The molecule has 0 spiro atoms. The van der Waals surface area contributed by atoms with Crippen molar-refractivity contribution in [2.24, 2.45) is 5.73 Å². The molecule has 5 nitrogen and oxygen atoms in total. The molecule has 1 aliphatic rings. The van der Waals surface area contributed by atoms with E-state index in [0.717, 1.165) is 36.6 Å². The highest BCUT2D eigenvalue weighted by molar-refractivity contribution is 5.40. The van der Waals surface area contributed by atoms with E-state index < -0.39 is 0 Å². The zero-order valence-corrected chi connectivity index (χ0v) is 10.9. The second-order valence-corrected chi connectivity index (χ2v) is 5.19. The average molecular weight is 245 g/mol. The molecule has 18 heavy (non-hydrogen) atoms. The van der Waals surface area contributed by atoms with Crippen molar-refractivity contribution in [2.75, 3.05) is 13.6 Å². The second-order valence-electron chi connectivity index (χ2n) is 5.19. The molecule has 0 bridgehead atoms. The third-order valence-electron chi connectivity index (χ3n) is 3.75. The summed E-state index contributed by atoms with van der Waals surface area (Å²) in [6.45, 7) is 3.04. The van der Waals surface area contributed by atoms with Crippen LogP contribution in [0.1, 0.15) is 30.4 Å². The Morgan fingerprint density at radius 3 is 3.11 bits per heavy atom. The van der Waals surface area contributed by atoms with Crippen LogP contribution in [0.2, 0.25) is 0 Å². The van der Waals surface area contributed by atoms with Gasteiger partial charge in [-0.2, -0.15) is 0 Å². The van der Waals surface area contributed by atoms with E-state index in [2.05, 4.69) is 21.3 Å². The number of hydrogen-bond acceptors (Lipinski definition) is 4. The molecule has 3 rings (SSSR count). The Balaban J connectivity index is 2.09. The number of likely N-dealkylation sites (tertiary alicyclic amines) is 1. The average Bonchev–Trinajstić information content (AvgIpc) is 2.79. The molecule has 0 aliphatic carbocycles. The topological polar surface area (TPSA) is 59.5 Å². The Morgan fingerprint density at radius 1 is 1.44 bits per heavy atom. The van der Waals surface area contributed by atoms with E-state index >= 15 is 0 Å². The molecule has 2 aromatic heterocycles. The van der Waals surface area contributed by atoms with Gasteiger partial charge in [0.1, 0.15) is 11.5 Å². The van der Waals surface area contributed by atoms with Crippen LogP contribution >= 0.6 is 0 Å². The predicted octanol–water partition coefficient (Wildman–Crippen LogP) is 1.13. The van der Waals surface area contributed by atoms with Crippen LogP contribution in [0.3, 0.4) is 0 Å². The first-order valence-electron chi connectivity index (χ1n) is 6.41. The van der Waals surface area contributed by atoms with Gasteiger partial charge in [0.05, 0.1) is 6.04 Å². The predicted molar refractivity (Wildman–Crippen MR) is 70.3 cm³/mol. The SMILES string of the molecule is Cc1cc2nccn2c(C2CC(N)CCN2C)n1. The van der Waals surface area contributed by atoms with Gasteiger partial charge in [-0.05, 0) is 26.8 Å². The van der Waals surface area contributed by atoms with Gasteiger partial charge in [0, 0.05) is 36.7 Å². The third-order valence-corrected chi connectivity index (χ3v) is 3.75. The number of fused-ring (bicyclic) bond motifs is 1. The number of imidazole rings is 1. The molecule has 5 heteroatoms. The molecule has 0 aromatic carbocycles. The monoisotopic (exact) mass is 245 g/mol. The molecule has 3 heterocycles. The number of aromatic nitrogens is 3. The van der Waals surface area contributed by atoms with Crippen LogP contribution in [0.5, 0.6) is 0 Å². The van der Waals surface area contributed by atoms with Crippen molar-refractivity contribution in [3.63, 3.8) is 0 Å². The Morgan fingerprint density at radius 2 is 2.28 bits per heavy atom. The summed E-state index contributed by atoms with van der Waals surface area (Å²) in [6.07, 6.45) is 5.82. The largest absolute Gasteiger partial charge is 0.328 e. The van der Waals surface area contributed by atoms with Crippen molar-refractivity contribution in [1.82, 2.24) is 19.3 Å². The highest BCUT2D eigenvalue weighted by atomic mass is 15.2. The summed E-state index contributed by atoms with van der Waals surface area (Å²) >= 11 is 0. The van der Waals surface area contributed by atoms with Crippen molar-refractivity contribution < 1.29 is 0 Å². The summed E-state index contributed by atoms with van der Waals surface area (Å²) in [5.41, 5.74) is 8.08. The van der Waals surface area contributed by atoms with E-state index in [4.69, 9.17) is 10.7 Å². The van der Waals surface area contributed by atoms with Crippen molar-refractivity contribution in [2.45, 2.75) is 31.8 Å². The van der Waals surface area contributed by atoms with Gasteiger partial charge in [0.15, 0.2) is 0 Å². The molecule has 96 valence electrons. The molecule has 1 aliphatic heterocycles. The van der Waals surface area contributed by atoms with Gasteiger partial charge in [-0.25, -0.2) is 9.97 Å². The van der Waals surface area contributed by atoms with Crippen molar-refractivity contribution in [3.05, 3.63) is 30.0 Å². The quantitative estimate of drug-likeness (QED) is 0.818. The van der Waals surface area contributed by atoms with Crippen LogP contribution in [0, 0.1) is 6.92 Å². The fourth-order valence-corrected chi connectivity index (χ4v) is 2.72. The van der Waals surface area contributed by atoms with E-state index in [-0.39, 0.29) is 12.1 Å².